The lowest BCUT2D eigenvalue weighted by atomic mass is 9.90. The van der Waals surface area contributed by atoms with Gasteiger partial charge in [0.15, 0.2) is 0 Å². The second-order valence-corrected chi connectivity index (χ2v) is 4.17. The number of hydrogen-bond acceptors (Lipinski definition) is 2. The summed E-state index contributed by atoms with van der Waals surface area (Å²) in [5.74, 6) is 1.92. The van der Waals surface area contributed by atoms with Crippen LogP contribution in [0.15, 0.2) is 0 Å². The van der Waals surface area contributed by atoms with Crippen molar-refractivity contribution >= 4 is 0 Å². The Morgan fingerprint density at radius 1 is 1.55 bits per heavy atom. The van der Waals surface area contributed by atoms with Gasteiger partial charge in [-0.1, -0.05) is 6.92 Å². The average molecular weight is 155 g/mol. The zero-order valence-corrected chi connectivity index (χ0v) is 7.39. The number of hydrogen-bond donors (Lipinski definition) is 1. The molecule has 0 spiro atoms. The first-order valence-corrected chi connectivity index (χ1v) is 4.52. The molecule has 0 aromatic rings. The number of ether oxygens (including phenoxy) is 1. The van der Waals surface area contributed by atoms with Gasteiger partial charge in [-0.15, -0.1) is 0 Å². The van der Waals surface area contributed by atoms with Crippen LogP contribution in [0.25, 0.3) is 0 Å². The Kier molecular flexibility index (Phi) is 1.69. The van der Waals surface area contributed by atoms with Gasteiger partial charge in [0.2, 0.25) is 0 Å². The SMILES string of the molecule is COC1(CC2CC2C)CNC1. The Balaban J connectivity index is 1.83. The molecule has 1 heterocycles. The van der Waals surface area contributed by atoms with Crippen LogP contribution in [0.1, 0.15) is 19.8 Å². The van der Waals surface area contributed by atoms with Crippen molar-refractivity contribution in [3.05, 3.63) is 0 Å². The van der Waals surface area contributed by atoms with Crippen molar-refractivity contribution in [1.82, 2.24) is 5.32 Å². The predicted molar refractivity (Wildman–Crippen MR) is 44.5 cm³/mol. The molecule has 11 heavy (non-hydrogen) atoms. The molecule has 2 aliphatic rings. The van der Waals surface area contributed by atoms with E-state index in [1.54, 1.807) is 0 Å². The second kappa shape index (κ2) is 2.46. The molecule has 2 nitrogen and oxygen atoms in total. The molecule has 0 amide bonds. The highest BCUT2D eigenvalue weighted by atomic mass is 16.5. The molecule has 64 valence electrons. The molecular weight excluding hydrogens is 138 g/mol. The number of rotatable bonds is 3. The molecule has 2 atom stereocenters. The van der Waals surface area contributed by atoms with Crippen molar-refractivity contribution in [2.24, 2.45) is 11.8 Å². The Morgan fingerprint density at radius 2 is 2.18 bits per heavy atom. The molecule has 0 aromatic carbocycles. The zero-order chi connectivity index (χ0) is 7.90. The van der Waals surface area contributed by atoms with E-state index in [1.807, 2.05) is 7.11 Å². The first kappa shape index (κ1) is 7.56. The number of methoxy groups -OCH3 is 1. The van der Waals surface area contributed by atoms with E-state index in [4.69, 9.17) is 4.74 Å². The Bertz CT molecular complexity index is 148. The highest BCUT2D eigenvalue weighted by molar-refractivity contribution is 5.00. The molecule has 1 aliphatic heterocycles. The smallest absolute Gasteiger partial charge is 0.0928 e. The largest absolute Gasteiger partial charge is 0.376 e. The highest BCUT2D eigenvalue weighted by Crippen LogP contribution is 2.44. The van der Waals surface area contributed by atoms with Crippen LogP contribution >= 0.6 is 0 Å². The van der Waals surface area contributed by atoms with Gasteiger partial charge in [-0.2, -0.15) is 0 Å². The molecule has 2 heteroatoms. The minimum Gasteiger partial charge on any atom is -0.376 e. The Labute approximate surface area is 68.3 Å². The van der Waals surface area contributed by atoms with Gasteiger partial charge in [0.05, 0.1) is 5.60 Å². The summed E-state index contributed by atoms with van der Waals surface area (Å²) < 4.78 is 5.51. The van der Waals surface area contributed by atoms with Crippen LogP contribution in [-0.2, 0) is 4.74 Å². The molecule has 2 fully saturated rings. The average Bonchev–Trinajstić information content (AvgIpc) is 2.58. The first-order valence-electron chi connectivity index (χ1n) is 4.52. The van der Waals surface area contributed by atoms with E-state index < -0.39 is 0 Å². The summed E-state index contributed by atoms with van der Waals surface area (Å²) >= 11 is 0. The van der Waals surface area contributed by atoms with E-state index in [1.165, 1.54) is 12.8 Å². The van der Waals surface area contributed by atoms with Crippen LogP contribution < -0.4 is 5.32 Å². The standard InChI is InChI=1S/C9H17NO/c1-7-3-8(7)4-9(11-2)5-10-6-9/h7-8,10H,3-6H2,1-2H3. The summed E-state index contributed by atoms with van der Waals surface area (Å²) in [6, 6.07) is 0. The molecule has 0 aromatic heterocycles. The summed E-state index contributed by atoms with van der Waals surface area (Å²) in [6.45, 7) is 4.46. The summed E-state index contributed by atoms with van der Waals surface area (Å²) in [5, 5.41) is 3.28. The van der Waals surface area contributed by atoms with Gasteiger partial charge in [-0.3, -0.25) is 0 Å². The van der Waals surface area contributed by atoms with Crippen molar-refractivity contribution in [1.29, 1.82) is 0 Å². The highest BCUT2D eigenvalue weighted by Gasteiger charge is 2.44. The van der Waals surface area contributed by atoms with Crippen LogP contribution in [0.3, 0.4) is 0 Å². The maximum atomic E-state index is 5.51. The fourth-order valence-electron chi connectivity index (χ4n) is 1.94. The molecule has 1 N–H and O–H groups in total. The van der Waals surface area contributed by atoms with E-state index in [-0.39, 0.29) is 5.60 Å². The molecule has 2 rings (SSSR count). The monoisotopic (exact) mass is 155 g/mol. The predicted octanol–water partition coefficient (Wildman–Crippen LogP) is 1.02. The molecule has 0 bridgehead atoms. The summed E-state index contributed by atoms with van der Waals surface area (Å²) in [7, 11) is 1.84. The molecule has 1 aliphatic carbocycles. The van der Waals surface area contributed by atoms with Crippen LogP contribution in [0.2, 0.25) is 0 Å². The quantitative estimate of drug-likeness (QED) is 0.657. The van der Waals surface area contributed by atoms with Gasteiger partial charge in [-0.05, 0) is 24.7 Å². The minimum atomic E-state index is 0.218. The Morgan fingerprint density at radius 3 is 2.45 bits per heavy atom. The van der Waals surface area contributed by atoms with Crippen molar-refractivity contribution in [2.45, 2.75) is 25.4 Å². The first-order chi connectivity index (χ1) is 5.26. The lowest BCUT2D eigenvalue weighted by Gasteiger charge is -2.41. The molecule has 1 saturated heterocycles. The third-order valence-corrected chi connectivity index (χ3v) is 3.24. The van der Waals surface area contributed by atoms with Crippen LogP contribution in [0.4, 0.5) is 0 Å². The van der Waals surface area contributed by atoms with Crippen LogP contribution in [-0.4, -0.2) is 25.8 Å². The summed E-state index contributed by atoms with van der Waals surface area (Å²) in [4.78, 5) is 0. The van der Waals surface area contributed by atoms with E-state index in [0.29, 0.717) is 0 Å². The third kappa shape index (κ3) is 1.30. The second-order valence-electron chi connectivity index (χ2n) is 4.17. The van der Waals surface area contributed by atoms with Crippen molar-refractivity contribution in [2.75, 3.05) is 20.2 Å². The van der Waals surface area contributed by atoms with Crippen LogP contribution in [0.5, 0.6) is 0 Å². The van der Waals surface area contributed by atoms with Crippen molar-refractivity contribution < 1.29 is 4.74 Å². The van der Waals surface area contributed by atoms with E-state index in [9.17, 15) is 0 Å². The van der Waals surface area contributed by atoms with Gasteiger partial charge in [0, 0.05) is 20.2 Å². The minimum absolute atomic E-state index is 0.218. The maximum Gasteiger partial charge on any atom is 0.0928 e. The van der Waals surface area contributed by atoms with Gasteiger partial charge >= 0.3 is 0 Å². The summed E-state index contributed by atoms with van der Waals surface area (Å²) in [5.41, 5.74) is 0.218. The lowest BCUT2D eigenvalue weighted by molar-refractivity contribution is -0.0615. The van der Waals surface area contributed by atoms with E-state index >= 15 is 0 Å². The number of nitrogens with one attached hydrogen (secondary N) is 1. The van der Waals surface area contributed by atoms with Crippen molar-refractivity contribution in [3.8, 4) is 0 Å². The molecular formula is C9H17NO. The van der Waals surface area contributed by atoms with Crippen LogP contribution in [0, 0.1) is 11.8 Å². The van der Waals surface area contributed by atoms with Gasteiger partial charge < -0.3 is 10.1 Å². The summed E-state index contributed by atoms with van der Waals surface area (Å²) in [6.07, 6.45) is 2.70. The normalized spacial score (nSPS) is 39.8. The lowest BCUT2D eigenvalue weighted by Crippen LogP contribution is -2.60. The molecule has 0 radical (unpaired) electrons. The fraction of sp³-hybridized carbons (Fsp3) is 1.00. The Hall–Kier alpha value is -0.0800. The molecule has 1 saturated carbocycles. The van der Waals surface area contributed by atoms with Gasteiger partial charge in [0.25, 0.3) is 0 Å². The third-order valence-electron chi connectivity index (χ3n) is 3.24. The molecule has 2 unspecified atom stereocenters. The van der Waals surface area contributed by atoms with Gasteiger partial charge in [0.1, 0.15) is 0 Å². The topological polar surface area (TPSA) is 21.3 Å². The van der Waals surface area contributed by atoms with E-state index in [0.717, 1.165) is 24.9 Å². The van der Waals surface area contributed by atoms with Gasteiger partial charge in [-0.25, -0.2) is 0 Å². The fourth-order valence-corrected chi connectivity index (χ4v) is 1.94. The maximum absolute atomic E-state index is 5.51. The zero-order valence-electron chi connectivity index (χ0n) is 7.39. The van der Waals surface area contributed by atoms with E-state index in [2.05, 4.69) is 12.2 Å². The van der Waals surface area contributed by atoms with Crippen molar-refractivity contribution in [3.63, 3.8) is 0 Å².